The van der Waals surface area contributed by atoms with Gasteiger partial charge >= 0.3 is 0 Å². The van der Waals surface area contributed by atoms with Crippen LogP contribution >= 0.6 is 0 Å². The number of rotatable bonds is 4. The maximum Gasteiger partial charge on any atom is 0.223 e. The minimum Gasteiger partial charge on any atom is -0.483 e. The van der Waals surface area contributed by atoms with E-state index in [1.54, 1.807) is 30.5 Å². The van der Waals surface area contributed by atoms with E-state index in [2.05, 4.69) is 9.98 Å². The number of hydrogen-bond donors (Lipinski definition) is 3. The van der Waals surface area contributed by atoms with Gasteiger partial charge < -0.3 is 26.4 Å². The first-order chi connectivity index (χ1) is 9.65. The summed E-state index contributed by atoms with van der Waals surface area (Å²) in [6.07, 6.45) is 1.58. The van der Waals surface area contributed by atoms with Crippen LogP contribution < -0.4 is 21.9 Å². The van der Waals surface area contributed by atoms with E-state index >= 15 is 0 Å². The van der Waals surface area contributed by atoms with Crippen molar-refractivity contribution < 1.29 is 9.15 Å². The van der Waals surface area contributed by atoms with E-state index in [0.717, 1.165) is 0 Å². The third kappa shape index (κ3) is 3.77. The predicted molar refractivity (Wildman–Crippen MR) is 76.6 cm³/mol. The number of hydrogen-bond acceptors (Lipinski definition) is 3. The van der Waals surface area contributed by atoms with Crippen molar-refractivity contribution in [3.8, 4) is 5.75 Å². The molecule has 20 heavy (non-hydrogen) atoms. The van der Waals surface area contributed by atoms with E-state index < -0.39 is 0 Å². The van der Waals surface area contributed by atoms with Crippen molar-refractivity contribution in [3.05, 3.63) is 48.4 Å². The zero-order chi connectivity index (χ0) is 14.4. The number of guanidine groups is 2. The summed E-state index contributed by atoms with van der Waals surface area (Å²) in [7, 11) is 0. The quantitative estimate of drug-likeness (QED) is 0.567. The summed E-state index contributed by atoms with van der Waals surface area (Å²) in [5.74, 6) is 1.07. The molecule has 1 heterocycles. The van der Waals surface area contributed by atoms with Crippen LogP contribution in [0.25, 0.3) is 0 Å². The molecule has 104 valence electrons. The zero-order valence-electron chi connectivity index (χ0n) is 10.7. The number of furan rings is 1. The van der Waals surface area contributed by atoms with Gasteiger partial charge in [-0.1, -0.05) is 12.1 Å². The monoisotopic (exact) mass is 273 g/mol. The van der Waals surface area contributed by atoms with Gasteiger partial charge in [0.15, 0.2) is 5.96 Å². The lowest BCUT2D eigenvalue weighted by atomic mass is 10.3. The normalized spacial score (nSPS) is 11.1. The molecule has 7 heteroatoms. The van der Waals surface area contributed by atoms with Crippen LogP contribution in [0.5, 0.6) is 5.75 Å². The fourth-order valence-corrected chi connectivity index (χ4v) is 1.50. The van der Waals surface area contributed by atoms with E-state index in [4.69, 9.17) is 26.4 Å². The molecule has 0 saturated carbocycles. The number of nitrogens with zero attached hydrogens (tertiary/aromatic N) is 2. The molecule has 0 aliphatic heterocycles. The van der Waals surface area contributed by atoms with E-state index in [1.807, 2.05) is 12.1 Å². The van der Waals surface area contributed by atoms with Gasteiger partial charge in [-0.05, 0) is 24.3 Å². The maximum atomic E-state index is 5.62. The molecular weight excluding hydrogens is 258 g/mol. The summed E-state index contributed by atoms with van der Waals surface area (Å²) in [4.78, 5) is 7.74. The number of para-hydroxylation sites is 2. The van der Waals surface area contributed by atoms with Crippen molar-refractivity contribution in [2.75, 3.05) is 0 Å². The number of aliphatic imine (C=N–C) groups is 2. The van der Waals surface area contributed by atoms with Gasteiger partial charge in [-0.3, -0.25) is 0 Å². The molecule has 0 aliphatic carbocycles. The Hall–Kier alpha value is -2.96. The summed E-state index contributed by atoms with van der Waals surface area (Å²) in [6, 6.07) is 10.8. The molecule has 1 aromatic heterocycles. The van der Waals surface area contributed by atoms with Crippen LogP contribution in [0.3, 0.4) is 0 Å². The first kappa shape index (κ1) is 13.5. The second-order valence-corrected chi connectivity index (χ2v) is 3.84. The first-order valence-corrected chi connectivity index (χ1v) is 5.83. The molecule has 0 saturated heterocycles. The highest BCUT2D eigenvalue weighted by molar-refractivity contribution is 5.93. The van der Waals surface area contributed by atoms with Crippen LogP contribution in [0, 0.1) is 0 Å². The molecule has 0 atom stereocenters. The molecule has 0 spiro atoms. The SMILES string of the molecule is NC(N)=NC(N)=Nc1ccccc1OCc1ccco1. The Morgan fingerprint density at radius 2 is 1.90 bits per heavy atom. The van der Waals surface area contributed by atoms with Gasteiger partial charge in [0.2, 0.25) is 5.96 Å². The lowest BCUT2D eigenvalue weighted by Crippen LogP contribution is -2.26. The minimum atomic E-state index is -0.153. The molecule has 0 bridgehead atoms. The van der Waals surface area contributed by atoms with Crippen LogP contribution in [0.2, 0.25) is 0 Å². The Labute approximate surface area is 115 Å². The average Bonchev–Trinajstić information content (AvgIpc) is 2.90. The second-order valence-electron chi connectivity index (χ2n) is 3.84. The summed E-state index contributed by atoms with van der Waals surface area (Å²) >= 11 is 0. The second kappa shape index (κ2) is 6.28. The maximum absolute atomic E-state index is 5.62. The Morgan fingerprint density at radius 3 is 2.60 bits per heavy atom. The largest absolute Gasteiger partial charge is 0.483 e. The van der Waals surface area contributed by atoms with Gasteiger partial charge in [0.25, 0.3) is 0 Å². The van der Waals surface area contributed by atoms with Crippen molar-refractivity contribution in [3.63, 3.8) is 0 Å². The average molecular weight is 273 g/mol. The zero-order valence-corrected chi connectivity index (χ0v) is 10.7. The van der Waals surface area contributed by atoms with Crippen LogP contribution in [-0.2, 0) is 6.61 Å². The highest BCUT2D eigenvalue weighted by atomic mass is 16.5. The van der Waals surface area contributed by atoms with Gasteiger partial charge in [0, 0.05) is 0 Å². The molecule has 0 unspecified atom stereocenters. The van der Waals surface area contributed by atoms with Crippen molar-refractivity contribution in [1.82, 2.24) is 0 Å². The number of ether oxygens (including phenoxy) is 1. The molecule has 0 amide bonds. The first-order valence-electron chi connectivity index (χ1n) is 5.83. The minimum absolute atomic E-state index is 0.0425. The van der Waals surface area contributed by atoms with Crippen molar-refractivity contribution >= 4 is 17.6 Å². The number of nitrogens with two attached hydrogens (primary N) is 3. The lowest BCUT2D eigenvalue weighted by molar-refractivity contribution is 0.271. The molecule has 0 fully saturated rings. The van der Waals surface area contributed by atoms with Crippen LogP contribution in [0.15, 0.2) is 57.1 Å². The summed E-state index contributed by atoms with van der Waals surface area (Å²) in [5.41, 5.74) is 16.6. The lowest BCUT2D eigenvalue weighted by Gasteiger charge is -2.07. The molecular formula is C13H15N5O2. The van der Waals surface area contributed by atoms with Crippen LogP contribution in [0.4, 0.5) is 5.69 Å². The van der Waals surface area contributed by atoms with Crippen molar-refractivity contribution in [2.24, 2.45) is 27.2 Å². The fraction of sp³-hybridized carbons (Fsp3) is 0.0769. The smallest absolute Gasteiger partial charge is 0.223 e. The highest BCUT2D eigenvalue weighted by Gasteiger charge is 2.04. The predicted octanol–water partition coefficient (Wildman–Crippen LogP) is 1.08. The van der Waals surface area contributed by atoms with Crippen LogP contribution in [-0.4, -0.2) is 11.9 Å². The third-order valence-corrected chi connectivity index (χ3v) is 2.29. The van der Waals surface area contributed by atoms with Gasteiger partial charge in [-0.2, -0.15) is 4.99 Å². The molecule has 7 nitrogen and oxygen atoms in total. The summed E-state index contributed by atoms with van der Waals surface area (Å²) in [6.45, 7) is 0.293. The highest BCUT2D eigenvalue weighted by Crippen LogP contribution is 2.27. The summed E-state index contributed by atoms with van der Waals surface area (Å²) < 4.78 is 10.8. The van der Waals surface area contributed by atoms with Gasteiger partial charge in [0.05, 0.1) is 6.26 Å². The molecule has 1 aromatic carbocycles. The molecule has 0 aliphatic rings. The Kier molecular flexibility index (Phi) is 4.23. The fourth-order valence-electron chi connectivity index (χ4n) is 1.50. The van der Waals surface area contributed by atoms with Gasteiger partial charge in [-0.25, -0.2) is 4.99 Å². The van der Waals surface area contributed by atoms with E-state index in [-0.39, 0.29) is 11.9 Å². The molecule has 2 rings (SSSR count). The summed E-state index contributed by atoms with van der Waals surface area (Å²) in [5, 5.41) is 0. The van der Waals surface area contributed by atoms with E-state index in [0.29, 0.717) is 23.8 Å². The Bertz CT molecular complexity index is 615. The Balaban J connectivity index is 2.15. The molecule has 0 radical (unpaired) electrons. The number of benzene rings is 1. The van der Waals surface area contributed by atoms with Crippen molar-refractivity contribution in [2.45, 2.75) is 6.61 Å². The standard InChI is InChI=1S/C13H15N5O2/c14-12(15)18-13(16)17-10-5-1-2-6-11(10)20-8-9-4-3-7-19-9/h1-7H,8H2,(H6,14,15,16,17,18). The van der Waals surface area contributed by atoms with Crippen molar-refractivity contribution in [1.29, 1.82) is 0 Å². The molecule has 2 aromatic rings. The van der Waals surface area contributed by atoms with Gasteiger partial charge in [0.1, 0.15) is 23.8 Å². The molecule has 6 N–H and O–H groups in total. The van der Waals surface area contributed by atoms with E-state index in [1.165, 1.54) is 0 Å². The topological polar surface area (TPSA) is 125 Å². The van der Waals surface area contributed by atoms with Gasteiger partial charge in [-0.15, -0.1) is 0 Å². The third-order valence-electron chi connectivity index (χ3n) is 2.29. The van der Waals surface area contributed by atoms with Crippen LogP contribution in [0.1, 0.15) is 5.76 Å². The Morgan fingerprint density at radius 1 is 1.10 bits per heavy atom. The van der Waals surface area contributed by atoms with E-state index in [9.17, 15) is 0 Å².